The van der Waals surface area contributed by atoms with Gasteiger partial charge in [-0.25, -0.2) is 0 Å². The number of fused-ring (bicyclic) bond motifs is 1. The zero-order valence-electron chi connectivity index (χ0n) is 13.1. The van der Waals surface area contributed by atoms with Gasteiger partial charge in [-0.1, -0.05) is 59.8 Å². The summed E-state index contributed by atoms with van der Waals surface area (Å²) in [4.78, 5) is 0. The van der Waals surface area contributed by atoms with E-state index in [4.69, 9.17) is 0 Å². The van der Waals surface area contributed by atoms with Gasteiger partial charge in [0.25, 0.3) is 0 Å². The molecule has 0 heteroatoms. The highest BCUT2D eigenvalue weighted by molar-refractivity contribution is 5.02. The van der Waals surface area contributed by atoms with Crippen LogP contribution in [0.15, 0.2) is 0 Å². The normalized spacial score (nSPS) is 37.3. The van der Waals surface area contributed by atoms with Crippen molar-refractivity contribution < 1.29 is 0 Å². The lowest BCUT2D eigenvalue weighted by atomic mass is 9.80. The van der Waals surface area contributed by atoms with Crippen LogP contribution in [0, 0.1) is 35.5 Å². The molecule has 0 aromatic carbocycles. The second-order valence-corrected chi connectivity index (χ2v) is 7.43. The Kier molecular flexibility index (Phi) is 5.15. The van der Waals surface area contributed by atoms with Crippen LogP contribution in [0.25, 0.3) is 0 Å². The smallest absolute Gasteiger partial charge is 0.0349 e. The minimum Gasteiger partial charge on any atom is -0.0654 e. The fraction of sp³-hybridized carbons (Fsp3) is 1.00. The second-order valence-electron chi connectivity index (χ2n) is 7.43. The van der Waals surface area contributed by atoms with Gasteiger partial charge in [0, 0.05) is 0 Å². The number of unbranched alkanes of at least 4 members (excludes halogenated alkanes) is 1. The van der Waals surface area contributed by atoms with E-state index in [1.54, 1.807) is 12.8 Å². The third kappa shape index (κ3) is 3.31. The predicted octanol–water partition coefficient (Wildman–Crippen LogP) is 5.91. The molecule has 2 saturated carbocycles. The van der Waals surface area contributed by atoms with Gasteiger partial charge in [0.1, 0.15) is 0 Å². The largest absolute Gasteiger partial charge is 0.0654 e. The number of hydrogen-bond donors (Lipinski definition) is 0. The number of hydrogen-bond acceptors (Lipinski definition) is 0. The Hall–Kier alpha value is 0. The average Bonchev–Trinajstić information content (AvgIpc) is 3.09. The maximum absolute atomic E-state index is 2.50. The fourth-order valence-corrected chi connectivity index (χ4v) is 4.62. The molecule has 0 saturated heterocycles. The summed E-state index contributed by atoms with van der Waals surface area (Å²) in [5.74, 6) is 6.46. The third-order valence-corrected chi connectivity index (χ3v) is 6.03. The molecule has 2 rings (SSSR count). The van der Waals surface area contributed by atoms with Crippen LogP contribution in [0.1, 0.15) is 79.1 Å². The van der Waals surface area contributed by atoms with Crippen LogP contribution in [0.4, 0.5) is 0 Å². The second kappa shape index (κ2) is 6.44. The van der Waals surface area contributed by atoms with Crippen LogP contribution in [-0.4, -0.2) is 0 Å². The van der Waals surface area contributed by atoms with Gasteiger partial charge in [0.05, 0.1) is 0 Å². The van der Waals surface area contributed by atoms with E-state index in [1.165, 1.54) is 38.5 Å². The molecule has 0 aliphatic heterocycles. The van der Waals surface area contributed by atoms with Crippen molar-refractivity contribution in [2.24, 2.45) is 35.5 Å². The lowest BCUT2D eigenvalue weighted by Gasteiger charge is -2.26. The molecule has 0 heterocycles. The summed E-state index contributed by atoms with van der Waals surface area (Å²) in [5.41, 5.74) is 0. The molecule has 6 atom stereocenters. The molecule has 18 heavy (non-hydrogen) atoms. The summed E-state index contributed by atoms with van der Waals surface area (Å²) in [6.07, 6.45) is 11.8. The van der Waals surface area contributed by atoms with Crippen LogP contribution >= 0.6 is 0 Å². The Bertz CT molecular complexity index is 244. The van der Waals surface area contributed by atoms with Crippen LogP contribution in [0.5, 0.6) is 0 Å². The zero-order valence-corrected chi connectivity index (χ0v) is 13.1. The molecule has 0 radical (unpaired) electrons. The van der Waals surface area contributed by atoms with Crippen molar-refractivity contribution in [1.29, 1.82) is 0 Å². The van der Waals surface area contributed by atoms with Gasteiger partial charge in [0.15, 0.2) is 0 Å². The van der Waals surface area contributed by atoms with Gasteiger partial charge in [0.2, 0.25) is 0 Å². The molecule has 2 aliphatic carbocycles. The molecule has 2 aliphatic rings. The molecule has 0 N–H and O–H groups in total. The quantitative estimate of drug-likeness (QED) is 0.502. The van der Waals surface area contributed by atoms with E-state index < -0.39 is 0 Å². The lowest BCUT2D eigenvalue weighted by Crippen LogP contribution is -2.16. The highest BCUT2D eigenvalue weighted by Gasteiger charge is 2.53. The fourth-order valence-electron chi connectivity index (χ4n) is 4.62. The lowest BCUT2D eigenvalue weighted by molar-refractivity contribution is 0.248. The Morgan fingerprint density at radius 1 is 1.00 bits per heavy atom. The Labute approximate surface area is 115 Å². The molecule has 6 unspecified atom stereocenters. The van der Waals surface area contributed by atoms with E-state index in [0.717, 1.165) is 35.5 Å². The van der Waals surface area contributed by atoms with Crippen molar-refractivity contribution in [2.45, 2.75) is 79.1 Å². The predicted molar refractivity (Wildman–Crippen MR) is 80.6 cm³/mol. The first-order valence-corrected chi connectivity index (χ1v) is 8.67. The van der Waals surface area contributed by atoms with E-state index in [2.05, 4.69) is 27.7 Å². The molecular formula is C18H34. The van der Waals surface area contributed by atoms with Crippen molar-refractivity contribution >= 4 is 0 Å². The van der Waals surface area contributed by atoms with E-state index in [0.29, 0.717) is 0 Å². The van der Waals surface area contributed by atoms with E-state index in [-0.39, 0.29) is 0 Å². The van der Waals surface area contributed by atoms with Crippen molar-refractivity contribution in [3.8, 4) is 0 Å². The summed E-state index contributed by atoms with van der Waals surface area (Å²) >= 11 is 0. The Morgan fingerprint density at radius 2 is 1.78 bits per heavy atom. The number of rotatable bonds is 8. The summed E-state index contributed by atoms with van der Waals surface area (Å²) in [6.45, 7) is 9.72. The minimum absolute atomic E-state index is 0.966. The monoisotopic (exact) mass is 250 g/mol. The molecule has 0 aromatic rings. The summed E-state index contributed by atoms with van der Waals surface area (Å²) < 4.78 is 0. The topological polar surface area (TPSA) is 0 Å². The van der Waals surface area contributed by atoms with Gasteiger partial charge < -0.3 is 0 Å². The van der Waals surface area contributed by atoms with Crippen molar-refractivity contribution in [3.05, 3.63) is 0 Å². The van der Waals surface area contributed by atoms with Crippen molar-refractivity contribution in [2.75, 3.05) is 0 Å². The maximum Gasteiger partial charge on any atom is -0.0349 e. The van der Waals surface area contributed by atoms with Gasteiger partial charge in [-0.2, -0.15) is 0 Å². The van der Waals surface area contributed by atoms with Gasteiger partial charge >= 0.3 is 0 Å². The highest BCUT2D eigenvalue weighted by atomic mass is 14.6. The summed E-state index contributed by atoms with van der Waals surface area (Å²) in [7, 11) is 0. The van der Waals surface area contributed by atoms with Crippen LogP contribution in [-0.2, 0) is 0 Å². The van der Waals surface area contributed by atoms with Crippen LogP contribution in [0.2, 0.25) is 0 Å². The summed E-state index contributed by atoms with van der Waals surface area (Å²) in [5, 5.41) is 0. The first-order chi connectivity index (χ1) is 8.67. The standard InChI is InChI=1S/C18H34/c1-5-7-8-13(3)9-10-15(6-2)17-11-14(4)16-12-18(16)17/h13-18H,5-12H2,1-4H3. The zero-order chi connectivity index (χ0) is 13.1. The Morgan fingerprint density at radius 3 is 2.28 bits per heavy atom. The minimum atomic E-state index is 0.966. The average molecular weight is 250 g/mol. The first-order valence-electron chi connectivity index (χ1n) is 8.67. The molecule has 106 valence electrons. The molecular weight excluding hydrogens is 216 g/mol. The molecule has 0 bridgehead atoms. The van der Waals surface area contributed by atoms with Crippen molar-refractivity contribution in [1.82, 2.24) is 0 Å². The van der Waals surface area contributed by atoms with Gasteiger partial charge in [-0.3, -0.25) is 0 Å². The molecule has 0 nitrogen and oxygen atoms in total. The van der Waals surface area contributed by atoms with Gasteiger partial charge in [-0.05, 0) is 54.8 Å². The Balaban J connectivity index is 1.72. The first kappa shape index (κ1) is 14.4. The van der Waals surface area contributed by atoms with Gasteiger partial charge in [-0.15, -0.1) is 0 Å². The van der Waals surface area contributed by atoms with E-state index >= 15 is 0 Å². The molecule has 0 amide bonds. The molecule has 0 aromatic heterocycles. The van der Waals surface area contributed by atoms with Crippen LogP contribution in [0.3, 0.4) is 0 Å². The SMILES string of the molecule is CCCCC(C)CCC(CC)C1CC(C)C2CC21. The molecule has 2 fully saturated rings. The highest BCUT2D eigenvalue weighted by Crippen LogP contribution is 2.61. The summed E-state index contributed by atoms with van der Waals surface area (Å²) in [6, 6.07) is 0. The van der Waals surface area contributed by atoms with E-state index in [1.807, 2.05) is 0 Å². The van der Waals surface area contributed by atoms with E-state index in [9.17, 15) is 0 Å². The van der Waals surface area contributed by atoms with Crippen LogP contribution < -0.4 is 0 Å². The maximum atomic E-state index is 2.50. The molecule has 0 spiro atoms. The van der Waals surface area contributed by atoms with Crippen molar-refractivity contribution in [3.63, 3.8) is 0 Å². The third-order valence-electron chi connectivity index (χ3n) is 6.03.